The number of nitrogens with one attached hydrogen (secondary N) is 1. The van der Waals surface area contributed by atoms with Crippen LogP contribution in [0.3, 0.4) is 0 Å². The Labute approximate surface area is 103 Å². The average Bonchev–Trinajstić information content (AvgIpc) is 2.58. The van der Waals surface area contributed by atoms with E-state index in [1.807, 2.05) is 6.92 Å². The average molecular weight is 284 g/mol. The third-order valence-corrected chi connectivity index (χ3v) is 6.80. The lowest BCUT2D eigenvalue weighted by molar-refractivity contribution is 0.519. The molecule has 3 N–H and O–H groups in total. The predicted molar refractivity (Wildman–Crippen MR) is 66.9 cm³/mol. The van der Waals surface area contributed by atoms with E-state index >= 15 is 0 Å². The van der Waals surface area contributed by atoms with E-state index in [2.05, 4.69) is 4.72 Å². The Bertz CT molecular complexity index is 444. The minimum Gasteiger partial charge on any atom is -0.329 e. The van der Waals surface area contributed by atoms with Crippen LogP contribution in [0.25, 0.3) is 0 Å². The van der Waals surface area contributed by atoms with Crippen molar-refractivity contribution in [2.75, 3.05) is 18.1 Å². The Balaban J connectivity index is 2.69. The van der Waals surface area contributed by atoms with Crippen molar-refractivity contribution in [1.29, 1.82) is 0 Å². The molecule has 0 aliphatic carbocycles. The molecule has 0 aromatic heterocycles. The maximum absolute atomic E-state index is 11.9. The highest BCUT2D eigenvalue weighted by Crippen LogP contribution is 2.18. The van der Waals surface area contributed by atoms with Crippen LogP contribution in [0.2, 0.25) is 0 Å². The van der Waals surface area contributed by atoms with Crippen LogP contribution in [0.4, 0.5) is 0 Å². The van der Waals surface area contributed by atoms with Gasteiger partial charge in [0.1, 0.15) is 0 Å². The van der Waals surface area contributed by atoms with Gasteiger partial charge >= 0.3 is 0 Å². The van der Waals surface area contributed by atoms with Crippen molar-refractivity contribution in [1.82, 2.24) is 4.72 Å². The Morgan fingerprint density at radius 3 is 2.53 bits per heavy atom. The molecule has 2 atom stereocenters. The first kappa shape index (κ1) is 14.9. The highest BCUT2D eigenvalue weighted by molar-refractivity contribution is 7.95. The van der Waals surface area contributed by atoms with E-state index in [-0.39, 0.29) is 30.5 Å². The molecule has 0 spiro atoms. The highest BCUT2D eigenvalue weighted by Gasteiger charge is 2.37. The topological polar surface area (TPSA) is 106 Å². The molecule has 1 fully saturated rings. The molecule has 0 amide bonds. The minimum atomic E-state index is -3.57. The van der Waals surface area contributed by atoms with Gasteiger partial charge in [-0.1, -0.05) is 13.3 Å². The zero-order valence-electron chi connectivity index (χ0n) is 9.92. The van der Waals surface area contributed by atoms with Gasteiger partial charge in [-0.15, -0.1) is 0 Å². The van der Waals surface area contributed by atoms with Gasteiger partial charge in [-0.05, 0) is 12.8 Å². The highest BCUT2D eigenvalue weighted by atomic mass is 32.2. The molecule has 8 heteroatoms. The van der Waals surface area contributed by atoms with Crippen LogP contribution in [-0.2, 0) is 19.9 Å². The van der Waals surface area contributed by atoms with Crippen LogP contribution in [-0.4, -0.2) is 46.2 Å². The standard InChI is InChI=1S/C9H20N2O4S2/c1-2-3-8(6-10)11-17(14,15)9-4-5-16(12,13)7-9/h8-9,11H,2-7,10H2,1H3. The van der Waals surface area contributed by atoms with Gasteiger partial charge in [-0.2, -0.15) is 0 Å². The molecule has 0 bridgehead atoms. The normalized spacial score (nSPS) is 25.9. The fourth-order valence-corrected chi connectivity index (χ4v) is 6.24. The fourth-order valence-electron chi connectivity index (χ4n) is 1.91. The monoisotopic (exact) mass is 284 g/mol. The van der Waals surface area contributed by atoms with E-state index < -0.39 is 25.1 Å². The fraction of sp³-hybridized carbons (Fsp3) is 1.00. The molecule has 17 heavy (non-hydrogen) atoms. The molecule has 0 aromatic rings. The minimum absolute atomic E-state index is 0.0420. The summed E-state index contributed by atoms with van der Waals surface area (Å²) in [4.78, 5) is 0. The van der Waals surface area contributed by atoms with Crippen molar-refractivity contribution >= 4 is 19.9 Å². The third-order valence-electron chi connectivity index (χ3n) is 2.88. The van der Waals surface area contributed by atoms with Crippen molar-refractivity contribution in [2.45, 2.75) is 37.5 Å². The Kier molecular flexibility index (Phi) is 4.94. The van der Waals surface area contributed by atoms with Crippen LogP contribution in [0.15, 0.2) is 0 Å². The van der Waals surface area contributed by atoms with E-state index in [4.69, 9.17) is 5.73 Å². The van der Waals surface area contributed by atoms with Crippen molar-refractivity contribution in [3.8, 4) is 0 Å². The summed E-state index contributed by atoms with van der Waals surface area (Å²) in [6.07, 6.45) is 1.67. The summed E-state index contributed by atoms with van der Waals surface area (Å²) in [7, 11) is -6.76. The van der Waals surface area contributed by atoms with Gasteiger partial charge in [0.25, 0.3) is 0 Å². The van der Waals surface area contributed by atoms with Crippen LogP contribution in [0.1, 0.15) is 26.2 Å². The molecule has 0 aromatic carbocycles. The second kappa shape index (κ2) is 5.64. The molecule has 0 saturated carbocycles. The Morgan fingerprint density at radius 2 is 2.12 bits per heavy atom. The summed E-state index contributed by atoms with van der Waals surface area (Å²) in [5.41, 5.74) is 5.47. The third kappa shape index (κ3) is 4.20. The van der Waals surface area contributed by atoms with Gasteiger partial charge in [0.2, 0.25) is 10.0 Å². The number of rotatable bonds is 6. The van der Waals surface area contributed by atoms with Gasteiger partial charge in [0, 0.05) is 12.6 Å². The summed E-state index contributed by atoms with van der Waals surface area (Å²) >= 11 is 0. The van der Waals surface area contributed by atoms with E-state index in [1.165, 1.54) is 0 Å². The smallest absolute Gasteiger partial charge is 0.215 e. The van der Waals surface area contributed by atoms with E-state index in [9.17, 15) is 16.8 Å². The first-order valence-corrected chi connectivity index (χ1v) is 9.09. The lowest BCUT2D eigenvalue weighted by atomic mass is 10.2. The molecule has 0 radical (unpaired) electrons. The van der Waals surface area contributed by atoms with E-state index in [0.717, 1.165) is 6.42 Å². The van der Waals surface area contributed by atoms with Gasteiger partial charge in [-0.25, -0.2) is 21.6 Å². The molecular weight excluding hydrogens is 264 g/mol. The van der Waals surface area contributed by atoms with Crippen molar-refractivity contribution in [2.24, 2.45) is 5.73 Å². The zero-order valence-corrected chi connectivity index (χ0v) is 11.6. The van der Waals surface area contributed by atoms with Gasteiger partial charge in [-0.3, -0.25) is 0 Å². The maximum atomic E-state index is 11.9. The molecular formula is C9H20N2O4S2. The van der Waals surface area contributed by atoms with Crippen LogP contribution in [0, 0.1) is 0 Å². The van der Waals surface area contributed by atoms with E-state index in [1.54, 1.807) is 0 Å². The molecule has 1 heterocycles. The molecule has 102 valence electrons. The van der Waals surface area contributed by atoms with Crippen LogP contribution in [0.5, 0.6) is 0 Å². The number of nitrogens with two attached hydrogens (primary N) is 1. The number of hydrogen-bond donors (Lipinski definition) is 2. The maximum Gasteiger partial charge on any atom is 0.215 e. The van der Waals surface area contributed by atoms with Crippen LogP contribution < -0.4 is 10.5 Å². The Hall–Kier alpha value is -0.180. The molecule has 2 unspecified atom stereocenters. The van der Waals surface area contributed by atoms with Crippen molar-refractivity contribution < 1.29 is 16.8 Å². The molecule has 1 saturated heterocycles. The zero-order chi connectivity index (χ0) is 13.1. The van der Waals surface area contributed by atoms with Gasteiger partial charge < -0.3 is 5.73 Å². The first-order chi connectivity index (χ1) is 7.80. The molecule has 1 rings (SSSR count). The lowest BCUT2D eigenvalue weighted by Crippen LogP contribution is -2.44. The summed E-state index contributed by atoms with van der Waals surface area (Å²) in [5, 5.41) is -0.821. The summed E-state index contributed by atoms with van der Waals surface area (Å²) in [6, 6.07) is -0.298. The number of sulfone groups is 1. The second-order valence-electron chi connectivity index (χ2n) is 4.41. The van der Waals surface area contributed by atoms with E-state index in [0.29, 0.717) is 6.42 Å². The SMILES string of the molecule is CCCC(CN)NS(=O)(=O)C1CCS(=O)(=O)C1. The number of hydrogen-bond acceptors (Lipinski definition) is 5. The quantitative estimate of drug-likeness (QED) is 0.665. The summed E-state index contributed by atoms with van der Waals surface area (Å²) < 4.78 is 48.9. The van der Waals surface area contributed by atoms with Crippen molar-refractivity contribution in [3.63, 3.8) is 0 Å². The van der Waals surface area contributed by atoms with Gasteiger partial charge in [0.05, 0.1) is 16.8 Å². The second-order valence-corrected chi connectivity index (χ2v) is 8.63. The molecule has 6 nitrogen and oxygen atoms in total. The summed E-state index contributed by atoms with van der Waals surface area (Å²) in [5.74, 6) is -0.314. The van der Waals surface area contributed by atoms with Crippen LogP contribution >= 0.6 is 0 Å². The van der Waals surface area contributed by atoms with Gasteiger partial charge in [0.15, 0.2) is 9.84 Å². The predicted octanol–water partition coefficient (Wildman–Crippen LogP) is -0.780. The first-order valence-electron chi connectivity index (χ1n) is 5.72. The molecule has 1 aliphatic heterocycles. The molecule has 1 aliphatic rings. The van der Waals surface area contributed by atoms with Crippen molar-refractivity contribution in [3.05, 3.63) is 0 Å². The Morgan fingerprint density at radius 1 is 1.47 bits per heavy atom. The lowest BCUT2D eigenvalue weighted by Gasteiger charge is -2.18. The number of sulfonamides is 1. The summed E-state index contributed by atoms with van der Waals surface area (Å²) in [6.45, 7) is 2.17. The largest absolute Gasteiger partial charge is 0.329 e.